The first-order chi connectivity index (χ1) is 16.2. The Morgan fingerprint density at radius 2 is 2.03 bits per heavy atom. The highest BCUT2D eigenvalue weighted by atomic mass is 32.2. The molecule has 1 saturated carbocycles. The Kier molecular flexibility index (Phi) is 6.46. The van der Waals surface area contributed by atoms with Gasteiger partial charge in [0.25, 0.3) is 0 Å². The van der Waals surface area contributed by atoms with Gasteiger partial charge in [-0.05, 0) is 36.4 Å². The van der Waals surface area contributed by atoms with Crippen molar-refractivity contribution in [3.8, 4) is 6.07 Å². The summed E-state index contributed by atoms with van der Waals surface area (Å²) in [4.78, 5) is 8.84. The third-order valence-corrected chi connectivity index (χ3v) is 7.78. The molecule has 0 radical (unpaired) electrons. The number of nitrogens with zero attached hydrogens (tertiary/aromatic N) is 5. The van der Waals surface area contributed by atoms with E-state index in [9.17, 15) is 10.4 Å². The predicted octanol–water partition coefficient (Wildman–Crippen LogP) is 5.90. The van der Waals surface area contributed by atoms with Crippen molar-refractivity contribution in [2.45, 2.75) is 49.7 Å². The van der Waals surface area contributed by atoms with Gasteiger partial charge in [-0.25, -0.2) is 4.98 Å². The van der Waals surface area contributed by atoms with Crippen LogP contribution >= 0.6 is 23.1 Å². The number of thioether (sulfide) groups is 1. The van der Waals surface area contributed by atoms with Crippen molar-refractivity contribution in [1.29, 1.82) is 5.26 Å². The lowest BCUT2D eigenvalue weighted by molar-refractivity contribution is 0.330. The van der Waals surface area contributed by atoms with E-state index in [-0.39, 0.29) is 17.1 Å². The van der Waals surface area contributed by atoms with Crippen molar-refractivity contribution < 1.29 is 5.11 Å². The number of hydrogen-bond acceptors (Lipinski definition) is 7. The minimum absolute atomic E-state index is 0.0143. The Labute approximate surface area is 200 Å². The number of aliphatic hydroxyl groups is 1. The van der Waals surface area contributed by atoms with Gasteiger partial charge in [0.1, 0.15) is 23.2 Å². The van der Waals surface area contributed by atoms with E-state index in [1.54, 1.807) is 11.3 Å². The molecule has 2 N–H and O–H groups in total. The molecular formula is C24H24N6OS2. The van der Waals surface area contributed by atoms with Crippen molar-refractivity contribution in [2.24, 2.45) is 0 Å². The average Bonchev–Trinajstić information content (AvgIpc) is 3.59. The molecule has 33 heavy (non-hydrogen) atoms. The molecule has 0 aliphatic heterocycles. The summed E-state index contributed by atoms with van der Waals surface area (Å²) in [5, 5.41) is 32.4. The Morgan fingerprint density at radius 3 is 2.79 bits per heavy atom. The minimum atomic E-state index is -0.0143. The summed E-state index contributed by atoms with van der Waals surface area (Å²) in [5.74, 6) is 1.56. The standard InChI is InChI=1S/C24H24N6OS2/c25-14-18(23-26-19-10-4-5-11-20(19)27-23)21(31)15-33-24-29-28-22(13-17-9-6-12-32-17)30(24)16-7-2-1-3-8-16/h4-6,9-12,16,31H,1-3,7-8,13,15H2,(H,26,27)/b21-18-. The average molecular weight is 477 g/mol. The Balaban J connectivity index is 1.40. The summed E-state index contributed by atoms with van der Waals surface area (Å²) in [6, 6.07) is 14.2. The van der Waals surface area contributed by atoms with Gasteiger partial charge in [-0.3, -0.25) is 0 Å². The zero-order valence-corrected chi connectivity index (χ0v) is 19.7. The van der Waals surface area contributed by atoms with Crippen LogP contribution in [-0.2, 0) is 6.42 Å². The fourth-order valence-electron chi connectivity index (χ4n) is 4.33. The monoisotopic (exact) mass is 476 g/mol. The molecule has 0 spiro atoms. The smallest absolute Gasteiger partial charge is 0.191 e. The maximum absolute atomic E-state index is 10.8. The highest BCUT2D eigenvalue weighted by Gasteiger charge is 2.24. The first-order valence-electron chi connectivity index (χ1n) is 11.1. The van der Waals surface area contributed by atoms with Gasteiger partial charge < -0.3 is 14.7 Å². The highest BCUT2D eigenvalue weighted by molar-refractivity contribution is 7.99. The van der Waals surface area contributed by atoms with E-state index in [2.05, 4.69) is 48.3 Å². The maximum atomic E-state index is 10.8. The molecule has 1 fully saturated rings. The van der Waals surface area contributed by atoms with Gasteiger partial charge in [-0.2, -0.15) is 5.26 Å². The SMILES string of the molecule is N#C/C(=C(/O)CSc1nnc(Cc2cccs2)n1C1CCCCC1)c1nc2ccccc2[nH]1. The van der Waals surface area contributed by atoms with Crippen LogP contribution in [0.25, 0.3) is 16.6 Å². The molecule has 3 heterocycles. The summed E-state index contributed by atoms with van der Waals surface area (Å²) in [6.45, 7) is 0. The van der Waals surface area contributed by atoms with Crippen LogP contribution in [0.5, 0.6) is 0 Å². The number of imidazole rings is 1. The summed E-state index contributed by atoms with van der Waals surface area (Å²) in [7, 11) is 0. The molecule has 0 bridgehead atoms. The molecule has 1 aliphatic rings. The number of H-pyrrole nitrogens is 1. The third-order valence-electron chi connectivity index (χ3n) is 5.95. The zero-order chi connectivity index (χ0) is 22.6. The van der Waals surface area contributed by atoms with E-state index in [0.717, 1.165) is 41.3 Å². The van der Waals surface area contributed by atoms with Gasteiger partial charge in [0.15, 0.2) is 11.0 Å². The molecule has 5 rings (SSSR count). The second-order valence-corrected chi connectivity index (χ2v) is 10.1. The van der Waals surface area contributed by atoms with E-state index in [1.807, 2.05) is 24.3 Å². The summed E-state index contributed by atoms with van der Waals surface area (Å²) >= 11 is 3.14. The van der Waals surface area contributed by atoms with Crippen LogP contribution < -0.4 is 0 Å². The van der Waals surface area contributed by atoms with Gasteiger partial charge in [-0.15, -0.1) is 21.5 Å². The van der Waals surface area contributed by atoms with Gasteiger partial charge in [-0.1, -0.05) is 49.2 Å². The van der Waals surface area contributed by atoms with Crippen LogP contribution in [-0.4, -0.2) is 35.6 Å². The number of allylic oxidation sites excluding steroid dienone is 1. The van der Waals surface area contributed by atoms with Crippen LogP contribution in [0.3, 0.4) is 0 Å². The van der Waals surface area contributed by atoms with Crippen LogP contribution in [0.4, 0.5) is 0 Å². The number of nitriles is 1. The highest BCUT2D eigenvalue weighted by Crippen LogP contribution is 2.34. The first kappa shape index (κ1) is 21.7. The number of benzene rings is 1. The van der Waals surface area contributed by atoms with Crippen LogP contribution in [0.15, 0.2) is 52.7 Å². The van der Waals surface area contributed by atoms with Gasteiger partial charge in [0.2, 0.25) is 0 Å². The number of fused-ring (bicyclic) bond motifs is 1. The molecule has 9 heteroatoms. The number of aromatic amines is 1. The Hall–Kier alpha value is -3.09. The molecular weight excluding hydrogens is 452 g/mol. The van der Waals surface area contributed by atoms with Crippen molar-refractivity contribution >= 4 is 39.7 Å². The quantitative estimate of drug-likeness (QED) is 0.196. The third kappa shape index (κ3) is 4.68. The number of para-hydroxylation sites is 2. The van der Waals surface area contributed by atoms with E-state index < -0.39 is 0 Å². The summed E-state index contributed by atoms with van der Waals surface area (Å²) in [5.41, 5.74) is 1.74. The number of aliphatic hydroxyl groups excluding tert-OH is 1. The van der Waals surface area contributed by atoms with E-state index in [0.29, 0.717) is 11.9 Å². The summed E-state index contributed by atoms with van der Waals surface area (Å²) < 4.78 is 2.27. The lowest BCUT2D eigenvalue weighted by Gasteiger charge is -2.25. The summed E-state index contributed by atoms with van der Waals surface area (Å²) in [6.07, 6.45) is 6.68. The minimum Gasteiger partial charge on any atom is -0.510 e. The molecule has 1 aromatic carbocycles. The molecule has 1 aliphatic carbocycles. The number of thiophene rings is 1. The number of hydrogen-bond donors (Lipinski definition) is 2. The molecule has 0 amide bonds. The molecule has 7 nitrogen and oxygen atoms in total. The van der Waals surface area contributed by atoms with E-state index in [1.165, 1.54) is 35.9 Å². The first-order valence-corrected chi connectivity index (χ1v) is 13.0. The van der Waals surface area contributed by atoms with Crippen LogP contribution in [0.1, 0.15) is 54.7 Å². The molecule has 0 saturated heterocycles. The van der Waals surface area contributed by atoms with E-state index >= 15 is 0 Å². The van der Waals surface area contributed by atoms with Crippen molar-refractivity contribution in [3.63, 3.8) is 0 Å². The van der Waals surface area contributed by atoms with Crippen molar-refractivity contribution in [2.75, 3.05) is 5.75 Å². The fourth-order valence-corrected chi connectivity index (χ4v) is 5.94. The second kappa shape index (κ2) is 9.81. The fraction of sp³-hybridized carbons (Fsp3) is 0.333. The normalized spacial score (nSPS) is 15.5. The zero-order valence-electron chi connectivity index (χ0n) is 18.1. The number of aromatic nitrogens is 5. The largest absolute Gasteiger partial charge is 0.510 e. The molecule has 4 aromatic rings. The molecule has 0 unspecified atom stereocenters. The predicted molar refractivity (Wildman–Crippen MR) is 131 cm³/mol. The maximum Gasteiger partial charge on any atom is 0.191 e. The van der Waals surface area contributed by atoms with Gasteiger partial charge >= 0.3 is 0 Å². The number of rotatable bonds is 7. The molecule has 0 atom stereocenters. The van der Waals surface area contributed by atoms with E-state index in [4.69, 9.17) is 0 Å². The lowest BCUT2D eigenvalue weighted by Crippen LogP contribution is -2.17. The van der Waals surface area contributed by atoms with Crippen molar-refractivity contribution in [1.82, 2.24) is 24.7 Å². The Morgan fingerprint density at radius 1 is 1.18 bits per heavy atom. The van der Waals surface area contributed by atoms with Gasteiger partial charge in [0, 0.05) is 17.3 Å². The number of nitrogens with one attached hydrogen (secondary N) is 1. The molecule has 168 valence electrons. The molecule has 3 aromatic heterocycles. The van der Waals surface area contributed by atoms with Gasteiger partial charge in [0.05, 0.1) is 16.8 Å². The van der Waals surface area contributed by atoms with Crippen LogP contribution in [0.2, 0.25) is 0 Å². The Bertz CT molecular complexity index is 1280. The van der Waals surface area contributed by atoms with Crippen molar-refractivity contribution in [3.05, 3.63) is 64.1 Å². The second-order valence-electron chi connectivity index (χ2n) is 8.14. The van der Waals surface area contributed by atoms with Crippen LogP contribution in [0, 0.1) is 11.3 Å². The lowest BCUT2D eigenvalue weighted by atomic mass is 9.95. The topological polar surface area (TPSA) is 103 Å².